The summed E-state index contributed by atoms with van der Waals surface area (Å²) in [5.74, 6) is -1.23. The van der Waals surface area contributed by atoms with Crippen LogP contribution in [0.15, 0.2) is 66.0 Å². The van der Waals surface area contributed by atoms with Crippen molar-refractivity contribution in [3.05, 3.63) is 82.9 Å². The molecule has 160 valence electrons. The van der Waals surface area contributed by atoms with E-state index in [9.17, 15) is 14.4 Å². The van der Waals surface area contributed by atoms with E-state index in [1.165, 1.54) is 23.4 Å². The van der Waals surface area contributed by atoms with Gasteiger partial charge >= 0.3 is 5.97 Å². The fraction of sp³-hybridized carbons (Fsp3) is 0.217. The molecule has 0 unspecified atom stereocenters. The maximum absolute atomic E-state index is 12.1. The number of esters is 1. The van der Waals surface area contributed by atoms with Crippen molar-refractivity contribution in [2.24, 2.45) is 0 Å². The number of ether oxygens (including phenoxy) is 1. The minimum atomic E-state index is -0.713. The van der Waals surface area contributed by atoms with Gasteiger partial charge in [0.1, 0.15) is 0 Å². The van der Waals surface area contributed by atoms with Gasteiger partial charge in [0.25, 0.3) is 5.91 Å². The van der Waals surface area contributed by atoms with Crippen molar-refractivity contribution in [2.45, 2.75) is 19.3 Å². The lowest BCUT2D eigenvalue weighted by molar-refractivity contribution is -0.124. The van der Waals surface area contributed by atoms with Crippen LogP contribution < -0.4 is 10.6 Å². The number of amides is 2. The first-order valence-electron chi connectivity index (χ1n) is 9.79. The van der Waals surface area contributed by atoms with Crippen molar-refractivity contribution in [3.63, 3.8) is 0 Å². The van der Waals surface area contributed by atoms with E-state index < -0.39 is 12.6 Å². The highest BCUT2D eigenvalue weighted by atomic mass is 32.1. The molecule has 0 aliphatic carbocycles. The monoisotopic (exact) mass is 437 g/mol. The van der Waals surface area contributed by atoms with Crippen LogP contribution in [0.2, 0.25) is 0 Å². The minimum Gasteiger partial charge on any atom is -0.451 e. The molecule has 0 saturated carbocycles. The van der Waals surface area contributed by atoms with Crippen LogP contribution in [0.4, 0.5) is 5.13 Å². The molecule has 2 N–H and O–H groups in total. The van der Waals surface area contributed by atoms with E-state index in [0.29, 0.717) is 18.1 Å². The number of nitrogens with zero attached hydrogens (tertiary/aromatic N) is 1. The van der Waals surface area contributed by atoms with Crippen molar-refractivity contribution in [2.75, 3.05) is 18.5 Å². The van der Waals surface area contributed by atoms with Crippen LogP contribution in [-0.4, -0.2) is 35.9 Å². The van der Waals surface area contributed by atoms with E-state index in [0.717, 1.165) is 11.3 Å². The highest BCUT2D eigenvalue weighted by Crippen LogP contribution is 2.27. The summed E-state index contributed by atoms with van der Waals surface area (Å²) >= 11 is 1.11. The summed E-state index contributed by atoms with van der Waals surface area (Å²) in [5.41, 5.74) is 2.40. The van der Waals surface area contributed by atoms with Crippen molar-refractivity contribution in [3.8, 4) is 0 Å². The van der Waals surface area contributed by atoms with Crippen LogP contribution in [0.3, 0.4) is 0 Å². The molecule has 1 aromatic heterocycles. The Hall–Kier alpha value is -3.52. The minimum absolute atomic E-state index is 0.0507. The first-order chi connectivity index (χ1) is 15.0. The molecule has 7 nitrogen and oxygen atoms in total. The number of thiazole rings is 1. The Morgan fingerprint density at radius 3 is 2.19 bits per heavy atom. The predicted octanol–water partition coefficient (Wildman–Crippen LogP) is 3.60. The van der Waals surface area contributed by atoms with E-state index in [1.807, 2.05) is 36.4 Å². The summed E-state index contributed by atoms with van der Waals surface area (Å²) in [6.45, 7) is 1.39. The second kappa shape index (κ2) is 11.0. The molecule has 0 atom stereocenters. The van der Waals surface area contributed by atoms with Gasteiger partial charge in [0.2, 0.25) is 5.91 Å². The largest absolute Gasteiger partial charge is 0.451 e. The molecule has 31 heavy (non-hydrogen) atoms. The van der Waals surface area contributed by atoms with E-state index in [2.05, 4.69) is 39.9 Å². The van der Waals surface area contributed by atoms with Gasteiger partial charge < -0.3 is 15.4 Å². The summed E-state index contributed by atoms with van der Waals surface area (Å²) in [6, 6.07) is 20.2. The van der Waals surface area contributed by atoms with Gasteiger partial charge in [-0.15, -0.1) is 11.3 Å². The Labute approximate surface area is 184 Å². The van der Waals surface area contributed by atoms with Crippen molar-refractivity contribution >= 4 is 34.3 Å². The summed E-state index contributed by atoms with van der Waals surface area (Å²) in [4.78, 5) is 39.1. The maximum Gasteiger partial charge on any atom is 0.358 e. The number of hydrogen-bond donors (Lipinski definition) is 2. The number of aromatic nitrogens is 1. The standard InChI is InChI=1S/C23H23N3O4S/c1-16(27)25-23-26-20(15-31-23)22(29)30-14-21(28)24-13-12-19(17-8-4-2-5-9-17)18-10-6-3-7-11-18/h2-11,15,19H,12-14H2,1H3,(H,24,28)(H,25,26,27). The third-order valence-corrected chi connectivity index (χ3v) is 5.25. The maximum atomic E-state index is 12.1. The average Bonchev–Trinajstić information content (AvgIpc) is 3.24. The molecule has 0 aliphatic heterocycles. The molecular weight excluding hydrogens is 414 g/mol. The molecule has 0 aliphatic rings. The Balaban J connectivity index is 1.48. The van der Waals surface area contributed by atoms with Crippen LogP contribution >= 0.6 is 11.3 Å². The number of carbonyl (C=O) groups excluding carboxylic acids is 3. The van der Waals surface area contributed by atoms with E-state index in [1.54, 1.807) is 0 Å². The fourth-order valence-electron chi connectivity index (χ4n) is 3.08. The molecule has 1 heterocycles. The number of rotatable bonds is 9. The van der Waals surface area contributed by atoms with Gasteiger partial charge in [-0.1, -0.05) is 60.7 Å². The normalized spacial score (nSPS) is 10.5. The lowest BCUT2D eigenvalue weighted by Crippen LogP contribution is -2.30. The van der Waals surface area contributed by atoms with Crippen molar-refractivity contribution in [1.29, 1.82) is 0 Å². The lowest BCUT2D eigenvalue weighted by Gasteiger charge is -2.18. The van der Waals surface area contributed by atoms with Gasteiger partial charge in [-0.3, -0.25) is 9.59 Å². The molecular formula is C23H23N3O4S. The molecule has 0 fully saturated rings. The molecule has 0 spiro atoms. The zero-order chi connectivity index (χ0) is 22.1. The quantitative estimate of drug-likeness (QED) is 0.499. The highest BCUT2D eigenvalue weighted by Gasteiger charge is 2.16. The number of benzene rings is 2. The lowest BCUT2D eigenvalue weighted by atomic mass is 9.88. The van der Waals surface area contributed by atoms with Gasteiger partial charge in [0, 0.05) is 24.8 Å². The second-order valence-corrected chi connectivity index (χ2v) is 7.67. The zero-order valence-electron chi connectivity index (χ0n) is 17.0. The van der Waals surface area contributed by atoms with E-state index >= 15 is 0 Å². The van der Waals surface area contributed by atoms with Crippen LogP contribution in [0.5, 0.6) is 0 Å². The SMILES string of the molecule is CC(=O)Nc1nc(C(=O)OCC(=O)NCCC(c2ccccc2)c2ccccc2)cs1. The van der Waals surface area contributed by atoms with Crippen LogP contribution in [0, 0.1) is 0 Å². The van der Waals surface area contributed by atoms with Crippen molar-refractivity contribution < 1.29 is 19.1 Å². The summed E-state index contributed by atoms with van der Waals surface area (Å²) in [5, 5.41) is 7.06. The molecule has 0 bridgehead atoms. The van der Waals surface area contributed by atoms with Gasteiger partial charge in [-0.2, -0.15) is 0 Å². The molecule has 3 rings (SSSR count). The fourth-order valence-corrected chi connectivity index (χ4v) is 3.81. The first-order valence-corrected chi connectivity index (χ1v) is 10.7. The molecule has 3 aromatic rings. The summed E-state index contributed by atoms with van der Waals surface area (Å²) < 4.78 is 5.02. The number of hydrogen-bond acceptors (Lipinski definition) is 6. The molecule has 0 radical (unpaired) electrons. The topological polar surface area (TPSA) is 97.4 Å². The van der Waals surface area contributed by atoms with Crippen LogP contribution in [0.25, 0.3) is 0 Å². The Morgan fingerprint density at radius 2 is 1.61 bits per heavy atom. The van der Waals surface area contributed by atoms with Crippen LogP contribution in [-0.2, 0) is 14.3 Å². The van der Waals surface area contributed by atoms with Crippen molar-refractivity contribution in [1.82, 2.24) is 10.3 Å². The van der Waals surface area contributed by atoms with Crippen LogP contribution in [0.1, 0.15) is 40.9 Å². The number of carbonyl (C=O) groups is 3. The van der Waals surface area contributed by atoms with E-state index in [-0.39, 0.29) is 23.4 Å². The Morgan fingerprint density at radius 1 is 1.00 bits per heavy atom. The Kier molecular flexibility index (Phi) is 7.89. The molecule has 2 amide bonds. The van der Waals surface area contributed by atoms with Gasteiger partial charge in [0.15, 0.2) is 17.4 Å². The predicted molar refractivity (Wildman–Crippen MR) is 119 cm³/mol. The number of anilines is 1. The van der Waals surface area contributed by atoms with Gasteiger partial charge in [-0.05, 0) is 17.5 Å². The third kappa shape index (κ3) is 6.75. The average molecular weight is 438 g/mol. The summed E-state index contributed by atoms with van der Waals surface area (Å²) in [7, 11) is 0. The molecule has 0 saturated heterocycles. The third-order valence-electron chi connectivity index (χ3n) is 4.49. The first kappa shape index (κ1) is 22.2. The summed E-state index contributed by atoms with van der Waals surface area (Å²) in [6.07, 6.45) is 0.708. The second-order valence-electron chi connectivity index (χ2n) is 6.81. The number of nitrogens with one attached hydrogen (secondary N) is 2. The smallest absolute Gasteiger partial charge is 0.358 e. The Bertz CT molecular complexity index is 982. The molecule has 8 heteroatoms. The zero-order valence-corrected chi connectivity index (χ0v) is 17.9. The highest BCUT2D eigenvalue weighted by molar-refractivity contribution is 7.14. The molecule has 2 aromatic carbocycles. The van der Waals surface area contributed by atoms with E-state index in [4.69, 9.17) is 4.74 Å². The van der Waals surface area contributed by atoms with Gasteiger partial charge in [-0.25, -0.2) is 9.78 Å². The van der Waals surface area contributed by atoms with Gasteiger partial charge in [0.05, 0.1) is 0 Å².